The van der Waals surface area contributed by atoms with Gasteiger partial charge in [0.2, 0.25) is 29.5 Å². The zero-order valence-electron chi connectivity index (χ0n) is 35.5. The van der Waals surface area contributed by atoms with Crippen LogP contribution in [0, 0.1) is 10.8 Å². The van der Waals surface area contributed by atoms with Gasteiger partial charge in [0, 0.05) is 32.5 Å². The van der Waals surface area contributed by atoms with Crippen LogP contribution in [0.3, 0.4) is 0 Å². The standard InChI is InChI=1S/C44H67N7O5/c1-43(2,3)25-36(48(7)8)41(55)50-27-31-19-13-11-17-29(31)23-34(50)39(53)46-22-16-15-21-33(38(45)52)47-40(54)35-24-30-18-12-14-20-32(30)28-51(35)42(56)37(49(9)10)26-44(4,5)6/h11-14,17-20,33-37H,15-16,21-28H2,1-10H3,(H2,45,52)(H,46,53)(H,47,54)/t33-,34+,35+,36+,37+/m1/s1. The second-order valence-corrected chi connectivity index (χ2v) is 18.6. The third-order valence-electron chi connectivity index (χ3n) is 11.0. The van der Waals surface area contributed by atoms with Crippen molar-refractivity contribution >= 4 is 29.5 Å². The average molecular weight is 774 g/mol. The maximum atomic E-state index is 14.2. The molecule has 0 spiro atoms. The molecule has 2 aliphatic rings. The molecule has 4 N–H and O–H groups in total. The van der Waals surface area contributed by atoms with Crippen molar-refractivity contribution in [3.05, 3.63) is 70.8 Å². The van der Waals surface area contributed by atoms with Crippen LogP contribution in [0.5, 0.6) is 0 Å². The van der Waals surface area contributed by atoms with Gasteiger partial charge in [0.05, 0.1) is 12.1 Å². The van der Waals surface area contributed by atoms with E-state index in [0.717, 1.165) is 22.3 Å². The molecule has 5 atom stereocenters. The quantitative estimate of drug-likeness (QED) is 0.233. The number of amides is 5. The van der Waals surface area contributed by atoms with E-state index in [2.05, 4.69) is 52.2 Å². The van der Waals surface area contributed by atoms with Crippen LogP contribution < -0.4 is 16.4 Å². The van der Waals surface area contributed by atoms with Crippen LogP contribution in [-0.4, -0.2) is 114 Å². The molecule has 4 rings (SSSR count). The molecule has 0 aromatic heterocycles. The predicted octanol–water partition coefficient (Wildman–Crippen LogP) is 3.88. The predicted molar refractivity (Wildman–Crippen MR) is 220 cm³/mol. The Bertz CT molecular complexity index is 1710. The Morgan fingerprint density at radius 3 is 1.48 bits per heavy atom. The lowest BCUT2D eigenvalue weighted by Gasteiger charge is -2.40. The van der Waals surface area contributed by atoms with Crippen molar-refractivity contribution < 1.29 is 24.0 Å². The van der Waals surface area contributed by atoms with Gasteiger partial charge in [-0.25, -0.2) is 0 Å². The number of hydrogen-bond acceptors (Lipinski definition) is 7. The number of primary amides is 1. The Morgan fingerprint density at radius 1 is 0.679 bits per heavy atom. The van der Waals surface area contributed by atoms with Crippen LogP contribution in [0.4, 0.5) is 0 Å². The highest BCUT2D eigenvalue weighted by Gasteiger charge is 2.41. The Morgan fingerprint density at radius 2 is 1.09 bits per heavy atom. The third kappa shape index (κ3) is 11.9. The van der Waals surface area contributed by atoms with Crippen LogP contribution in [0.25, 0.3) is 0 Å². The Balaban J connectivity index is 1.40. The van der Waals surface area contributed by atoms with E-state index in [4.69, 9.17) is 5.73 Å². The van der Waals surface area contributed by atoms with Gasteiger partial charge in [-0.1, -0.05) is 90.1 Å². The Labute approximate surface area is 334 Å². The van der Waals surface area contributed by atoms with Crippen LogP contribution in [0.2, 0.25) is 0 Å². The molecule has 0 saturated heterocycles. The van der Waals surface area contributed by atoms with Gasteiger partial charge < -0.3 is 26.2 Å². The number of benzene rings is 2. The van der Waals surface area contributed by atoms with Crippen molar-refractivity contribution in [2.45, 2.75) is 130 Å². The molecule has 2 aromatic rings. The SMILES string of the molecule is CN(C)[C@@H](CC(C)(C)C)C(=O)N1Cc2ccccc2C[C@H]1C(=O)NCCCC[C@@H](NC(=O)[C@@H]1Cc2ccccc2CN1C(=O)[C@H](CC(C)(C)C)N(C)C)C(N)=O. The first-order chi connectivity index (χ1) is 26.2. The van der Waals surface area contributed by atoms with E-state index in [0.29, 0.717) is 58.2 Å². The first kappa shape index (κ1) is 44.4. The number of rotatable bonds is 15. The summed E-state index contributed by atoms with van der Waals surface area (Å²) in [4.78, 5) is 75.9. The lowest BCUT2D eigenvalue weighted by Crippen LogP contribution is -2.59. The van der Waals surface area contributed by atoms with Crippen LogP contribution >= 0.6 is 0 Å². The number of carbonyl (C=O) groups is 5. The minimum Gasteiger partial charge on any atom is -0.368 e. The summed E-state index contributed by atoms with van der Waals surface area (Å²) in [5, 5.41) is 5.92. The summed E-state index contributed by atoms with van der Waals surface area (Å²) in [6, 6.07) is 12.6. The van der Waals surface area contributed by atoms with Gasteiger partial charge >= 0.3 is 0 Å². The molecule has 0 unspecified atom stereocenters. The van der Waals surface area contributed by atoms with Crippen molar-refractivity contribution in [2.24, 2.45) is 16.6 Å². The van der Waals surface area contributed by atoms with E-state index in [9.17, 15) is 24.0 Å². The van der Waals surface area contributed by atoms with Crippen molar-refractivity contribution in [3.8, 4) is 0 Å². The molecule has 12 heteroatoms. The second-order valence-electron chi connectivity index (χ2n) is 18.6. The highest BCUT2D eigenvalue weighted by molar-refractivity contribution is 5.93. The minimum atomic E-state index is -0.944. The van der Waals surface area contributed by atoms with Gasteiger partial charge in [0.1, 0.15) is 18.1 Å². The van der Waals surface area contributed by atoms with Gasteiger partial charge in [-0.15, -0.1) is 0 Å². The fraction of sp³-hybridized carbons (Fsp3) is 0.614. The lowest BCUT2D eigenvalue weighted by atomic mass is 9.86. The van der Waals surface area contributed by atoms with E-state index in [1.54, 1.807) is 9.80 Å². The smallest absolute Gasteiger partial charge is 0.243 e. The first-order valence-electron chi connectivity index (χ1n) is 20.1. The molecule has 308 valence electrons. The summed E-state index contributed by atoms with van der Waals surface area (Å²) < 4.78 is 0. The number of nitrogens with one attached hydrogen (secondary N) is 2. The first-order valence-corrected chi connectivity index (χ1v) is 20.1. The minimum absolute atomic E-state index is 0.0622. The van der Waals surface area contributed by atoms with Crippen LogP contribution in [-0.2, 0) is 49.9 Å². The monoisotopic (exact) mass is 774 g/mol. The summed E-state index contributed by atoms with van der Waals surface area (Å²) in [6.45, 7) is 13.6. The summed E-state index contributed by atoms with van der Waals surface area (Å²) >= 11 is 0. The Kier molecular flexibility index (Phi) is 14.9. The summed E-state index contributed by atoms with van der Waals surface area (Å²) in [5.74, 6) is -1.48. The zero-order chi connectivity index (χ0) is 41.5. The number of fused-ring (bicyclic) bond motifs is 2. The van der Waals surface area contributed by atoms with Crippen LogP contribution in [0.1, 0.15) is 95.9 Å². The van der Waals surface area contributed by atoms with E-state index in [1.165, 1.54) is 0 Å². The number of hydrogen-bond donors (Lipinski definition) is 3. The zero-order valence-corrected chi connectivity index (χ0v) is 35.5. The highest BCUT2D eigenvalue weighted by Crippen LogP contribution is 2.30. The fourth-order valence-electron chi connectivity index (χ4n) is 7.86. The molecular weight excluding hydrogens is 707 g/mol. The largest absolute Gasteiger partial charge is 0.368 e. The molecule has 0 radical (unpaired) electrons. The van der Waals surface area contributed by atoms with E-state index >= 15 is 0 Å². The van der Waals surface area contributed by atoms with Gasteiger partial charge in [-0.3, -0.25) is 33.8 Å². The molecular formula is C44H67N7O5. The molecule has 2 heterocycles. The van der Waals surface area contributed by atoms with Crippen LogP contribution in [0.15, 0.2) is 48.5 Å². The number of nitrogens with zero attached hydrogens (tertiary/aromatic N) is 4. The molecule has 0 bridgehead atoms. The molecule has 2 aliphatic heterocycles. The van der Waals surface area contributed by atoms with E-state index < -0.39 is 36.0 Å². The molecule has 0 fully saturated rings. The van der Waals surface area contributed by atoms with Crippen molar-refractivity contribution in [1.82, 2.24) is 30.2 Å². The van der Waals surface area contributed by atoms with Gasteiger partial charge in [-0.05, 0) is 93.4 Å². The summed E-state index contributed by atoms with van der Waals surface area (Å²) in [7, 11) is 7.57. The third-order valence-corrected chi connectivity index (χ3v) is 11.0. The molecule has 5 amide bonds. The van der Waals surface area contributed by atoms with E-state index in [1.807, 2.05) is 86.5 Å². The highest BCUT2D eigenvalue weighted by atomic mass is 16.2. The summed E-state index contributed by atoms with van der Waals surface area (Å²) in [6.07, 6.45) is 3.33. The maximum Gasteiger partial charge on any atom is 0.243 e. The maximum absolute atomic E-state index is 14.2. The number of nitrogens with two attached hydrogens (primary N) is 1. The normalized spacial score (nSPS) is 18.8. The van der Waals surface area contributed by atoms with Crippen molar-refractivity contribution in [1.29, 1.82) is 0 Å². The second kappa shape index (κ2) is 18.8. The summed E-state index contributed by atoms with van der Waals surface area (Å²) in [5.41, 5.74) is 9.71. The fourth-order valence-corrected chi connectivity index (χ4v) is 7.86. The number of likely N-dealkylation sites (N-methyl/N-ethyl adjacent to an activating group) is 2. The topological polar surface area (TPSA) is 148 Å². The molecule has 0 saturated carbocycles. The number of unbranched alkanes of at least 4 members (excludes halogenated alkanes) is 1. The van der Waals surface area contributed by atoms with Gasteiger partial charge in [0.25, 0.3) is 0 Å². The molecule has 56 heavy (non-hydrogen) atoms. The molecule has 2 aromatic carbocycles. The van der Waals surface area contributed by atoms with Crippen molar-refractivity contribution in [3.63, 3.8) is 0 Å². The number of carbonyl (C=O) groups excluding carboxylic acids is 5. The van der Waals surface area contributed by atoms with Crippen molar-refractivity contribution in [2.75, 3.05) is 34.7 Å². The van der Waals surface area contributed by atoms with Gasteiger partial charge in [0.15, 0.2) is 0 Å². The van der Waals surface area contributed by atoms with Gasteiger partial charge in [-0.2, -0.15) is 0 Å². The average Bonchev–Trinajstić information content (AvgIpc) is 3.12. The molecule has 12 nitrogen and oxygen atoms in total. The Hall–Kier alpha value is -4.29. The molecule has 0 aliphatic carbocycles. The lowest BCUT2D eigenvalue weighted by molar-refractivity contribution is -0.146. The van der Waals surface area contributed by atoms with E-state index in [-0.39, 0.29) is 41.0 Å².